The summed E-state index contributed by atoms with van der Waals surface area (Å²) in [4.78, 5) is 24.4. The van der Waals surface area contributed by atoms with E-state index >= 15 is 0 Å². The molecule has 5 heteroatoms. The molecule has 0 saturated carbocycles. The standard InChI is InChI=1S/C25H49NO4/c1-7-9-11-13-15-17-19-22(20-18-16-14-12-10-8-2)29-23(27)21(3)26-24(28)30-25(4,5)6/h21-22H,7-20H2,1-6H3,(H,26,28). The highest BCUT2D eigenvalue weighted by Gasteiger charge is 2.24. The zero-order valence-corrected chi connectivity index (χ0v) is 20.7. The number of ether oxygens (including phenoxy) is 2. The van der Waals surface area contributed by atoms with Crippen LogP contribution in [0.4, 0.5) is 4.79 Å². The van der Waals surface area contributed by atoms with Crippen LogP contribution in [0.1, 0.15) is 131 Å². The van der Waals surface area contributed by atoms with Gasteiger partial charge in [-0.05, 0) is 53.4 Å². The second-order valence-electron chi connectivity index (χ2n) is 9.54. The third-order valence-corrected chi connectivity index (χ3v) is 5.13. The Labute approximate surface area is 186 Å². The molecule has 0 aromatic rings. The van der Waals surface area contributed by atoms with Gasteiger partial charge in [-0.2, -0.15) is 0 Å². The van der Waals surface area contributed by atoms with Crippen LogP contribution in [0, 0.1) is 0 Å². The van der Waals surface area contributed by atoms with E-state index in [1.807, 2.05) is 0 Å². The highest BCUT2D eigenvalue weighted by atomic mass is 16.6. The first-order chi connectivity index (χ1) is 14.2. The summed E-state index contributed by atoms with van der Waals surface area (Å²) < 4.78 is 11.0. The fourth-order valence-corrected chi connectivity index (χ4v) is 3.38. The van der Waals surface area contributed by atoms with E-state index in [1.54, 1.807) is 27.7 Å². The first-order valence-corrected chi connectivity index (χ1v) is 12.4. The van der Waals surface area contributed by atoms with Crippen molar-refractivity contribution < 1.29 is 19.1 Å². The number of nitrogens with one attached hydrogen (secondary N) is 1. The molecule has 0 aromatic carbocycles. The van der Waals surface area contributed by atoms with Crippen molar-refractivity contribution in [3.63, 3.8) is 0 Å². The highest BCUT2D eigenvalue weighted by molar-refractivity contribution is 5.81. The Morgan fingerprint density at radius 2 is 1.20 bits per heavy atom. The maximum atomic E-state index is 12.5. The summed E-state index contributed by atoms with van der Waals surface area (Å²) in [5.74, 6) is -0.372. The van der Waals surface area contributed by atoms with Crippen molar-refractivity contribution in [3.8, 4) is 0 Å². The van der Waals surface area contributed by atoms with Crippen LogP contribution in [0.5, 0.6) is 0 Å². The fourth-order valence-electron chi connectivity index (χ4n) is 3.38. The number of amides is 1. The van der Waals surface area contributed by atoms with E-state index in [9.17, 15) is 9.59 Å². The summed E-state index contributed by atoms with van der Waals surface area (Å²) in [6.45, 7) is 11.5. The molecule has 1 N–H and O–H groups in total. The molecule has 0 aliphatic rings. The van der Waals surface area contributed by atoms with Gasteiger partial charge in [-0.1, -0.05) is 78.1 Å². The van der Waals surface area contributed by atoms with Gasteiger partial charge in [0.2, 0.25) is 0 Å². The average Bonchev–Trinajstić information content (AvgIpc) is 2.65. The number of carbonyl (C=O) groups excluding carboxylic acids is 2. The molecular formula is C25H49NO4. The molecule has 1 atom stereocenters. The van der Waals surface area contributed by atoms with Crippen LogP contribution < -0.4 is 5.32 Å². The second-order valence-corrected chi connectivity index (χ2v) is 9.54. The van der Waals surface area contributed by atoms with Gasteiger partial charge in [0.25, 0.3) is 0 Å². The largest absolute Gasteiger partial charge is 0.461 e. The van der Waals surface area contributed by atoms with Crippen LogP contribution in [0.15, 0.2) is 0 Å². The Morgan fingerprint density at radius 3 is 1.63 bits per heavy atom. The summed E-state index contributed by atoms with van der Waals surface area (Å²) in [7, 11) is 0. The van der Waals surface area contributed by atoms with Gasteiger partial charge in [0.05, 0.1) is 0 Å². The third kappa shape index (κ3) is 17.6. The average molecular weight is 428 g/mol. The Bertz CT molecular complexity index is 429. The van der Waals surface area contributed by atoms with Crippen LogP contribution >= 0.6 is 0 Å². The minimum Gasteiger partial charge on any atom is -0.461 e. The smallest absolute Gasteiger partial charge is 0.408 e. The van der Waals surface area contributed by atoms with Crippen molar-refractivity contribution in [2.24, 2.45) is 0 Å². The molecule has 0 aromatic heterocycles. The van der Waals surface area contributed by atoms with E-state index in [2.05, 4.69) is 19.2 Å². The van der Waals surface area contributed by atoms with Gasteiger partial charge in [0.1, 0.15) is 17.7 Å². The summed E-state index contributed by atoms with van der Waals surface area (Å²) in [5, 5.41) is 2.59. The van der Waals surface area contributed by atoms with Crippen molar-refractivity contribution >= 4 is 12.1 Å². The zero-order valence-electron chi connectivity index (χ0n) is 20.7. The van der Waals surface area contributed by atoms with E-state index in [1.165, 1.54) is 64.2 Å². The predicted octanol–water partition coefficient (Wildman–Crippen LogP) is 7.31. The van der Waals surface area contributed by atoms with Crippen molar-refractivity contribution in [3.05, 3.63) is 0 Å². The van der Waals surface area contributed by atoms with Crippen molar-refractivity contribution in [1.29, 1.82) is 0 Å². The quantitative estimate of drug-likeness (QED) is 0.195. The number of unbranched alkanes of at least 4 members (excludes halogenated alkanes) is 10. The van der Waals surface area contributed by atoms with Gasteiger partial charge in [0.15, 0.2) is 0 Å². The molecule has 0 aliphatic carbocycles. The van der Waals surface area contributed by atoms with E-state index in [4.69, 9.17) is 9.47 Å². The van der Waals surface area contributed by atoms with Crippen LogP contribution in [-0.4, -0.2) is 29.8 Å². The summed E-state index contributed by atoms with van der Waals surface area (Å²) in [5.41, 5.74) is -0.591. The molecule has 0 bridgehead atoms. The maximum Gasteiger partial charge on any atom is 0.408 e. The van der Waals surface area contributed by atoms with Crippen molar-refractivity contribution in [2.45, 2.75) is 149 Å². The molecule has 0 fully saturated rings. The zero-order chi connectivity index (χ0) is 22.8. The Hall–Kier alpha value is -1.26. The Balaban J connectivity index is 4.44. The van der Waals surface area contributed by atoms with Crippen LogP contribution in [0.2, 0.25) is 0 Å². The highest BCUT2D eigenvalue weighted by Crippen LogP contribution is 2.17. The molecule has 0 rings (SSSR count). The topological polar surface area (TPSA) is 64.6 Å². The summed E-state index contributed by atoms with van der Waals surface area (Å²) in [6.07, 6.45) is 15.9. The first kappa shape index (κ1) is 28.7. The molecule has 30 heavy (non-hydrogen) atoms. The van der Waals surface area contributed by atoms with Gasteiger partial charge >= 0.3 is 12.1 Å². The molecule has 0 heterocycles. The normalized spacial score (nSPS) is 12.6. The molecule has 0 spiro atoms. The predicted molar refractivity (Wildman–Crippen MR) is 125 cm³/mol. The van der Waals surface area contributed by atoms with E-state index in [0.29, 0.717) is 0 Å². The number of esters is 1. The number of hydrogen-bond donors (Lipinski definition) is 1. The van der Waals surface area contributed by atoms with Crippen LogP contribution in [0.3, 0.4) is 0 Å². The SMILES string of the molecule is CCCCCCCCC(CCCCCCCC)OC(=O)C(C)NC(=O)OC(C)(C)C. The van der Waals surface area contributed by atoms with Gasteiger partial charge in [-0.15, -0.1) is 0 Å². The monoisotopic (exact) mass is 427 g/mol. The lowest BCUT2D eigenvalue weighted by molar-refractivity contribution is -0.152. The molecular weight excluding hydrogens is 378 g/mol. The van der Waals surface area contributed by atoms with Crippen LogP contribution in [0.25, 0.3) is 0 Å². The van der Waals surface area contributed by atoms with Crippen LogP contribution in [-0.2, 0) is 14.3 Å². The van der Waals surface area contributed by atoms with Gasteiger partial charge < -0.3 is 14.8 Å². The fraction of sp³-hybridized carbons (Fsp3) is 0.920. The molecule has 1 unspecified atom stereocenters. The number of carbonyl (C=O) groups is 2. The van der Waals surface area contributed by atoms with Crippen molar-refractivity contribution in [2.75, 3.05) is 0 Å². The van der Waals surface area contributed by atoms with Gasteiger partial charge in [-0.25, -0.2) is 9.59 Å². The van der Waals surface area contributed by atoms with E-state index in [0.717, 1.165) is 25.7 Å². The number of rotatable bonds is 17. The second kappa shape index (κ2) is 17.4. The first-order valence-electron chi connectivity index (χ1n) is 12.4. The molecule has 1 amide bonds. The molecule has 178 valence electrons. The van der Waals surface area contributed by atoms with Gasteiger partial charge in [0, 0.05) is 0 Å². The van der Waals surface area contributed by atoms with Gasteiger partial charge in [-0.3, -0.25) is 0 Å². The summed E-state index contributed by atoms with van der Waals surface area (Å²) >= 11 is 0. The third-order valence-electron chi connectivity index (χ3n) is 5.13. The Morgan fingerprint density at radius 1 is 0.767 bits per heavy atom. The molecule has 5 nitrogen and oxygen atoms in total. The van der Waals surface area contributed by atoms with E-state index in [-0.39, 0.29) is 12.1 Å². The van der Waals surface area contributed by atoms with E-state index < -0.39 is 17.7 Å². The minimum atomic E-state index is -0.712. The maximum absolute atomic E-state index is 12.5. The number of hydrogen-bond acceptors (Lipinski definition) is 4. The molecule has 0 aliphatic heterocycles. The lowest BCUT2D eigenvalue weighted by Crippen LogP contribution is -2.43. The van der Waals surface area contributed by atoms with Crippen molar-refractivity contribution in [1.82, 2.24) is 5.32 Å². The minimum absolute atomic E-state index is 0.0577. The lowest BCUT2D eigenvalue weighted by atomic mass is 10.0. The molecule has 0 radical (unpaired) electrons. The number of alkyl carbamates (subject to hydrolysis) is 1. The summed E-state index contributed by atoms with van der Waals surface area (Å²) in [6, 6.07) is -0.712. The lowest BCUT2D eigenvalue weighted by Gasteiger charge is -2.23. The Kier molecular flexibility index (Phi) is 16.7. The molecule has 0 saturated heterocycles.